The molecule has 1 N–H and O–H groups in total. The molecule has 0 amide bonds. The highest BCUT2D eigenvalue weighted by Crippen LogP contribution is 2.29. The number of aromatic nitrogens is 2. The molecule has 4 rings (SSSR count). The summed E-state index contributed by atoms with van der Waals surface area (Å²) in [6, 6.07) is 27.5. The van der Waals surface area contributed by atoms with Crippen LogP contribution in [0.2, 0.25) is 5.02 Å². The van der Waals surface area contributed by atoms with E-state index in [4.69, 9.17) is 16.6 Å². The first kappa shape index (κ1) is 19.3. The van der Waals surface area contributed by atoms with Gasteiger partial charge in [0.05, 0.1) is 27.8 Å². The van der Waals surface area contributed by atoms with Gasteiger partial charge in [0.2, 0.25) is 0 Å². The van der Waals surface area contributed by atoms with E-state index in [1.54, 1.807) is 0 Å². The smallest absolute Gasteiger partial charge is 0.152 e. The van der Waals surface area contributed by atoms with E-state index in [2.05, 4.69) is 16.0 Å². The first-order valence-corrected chi connectivity index (χ1v) is 10.4. The van der Waals surface area contributed by atoms with E-state index in [-0.39, 0.29) is 0 Å². The molecule has 3 aromatic carbocycles. The lowest BCUT2D eigenvalue weighted by Crippen LogP contribution is -2.09. The number of halogens is 1. The summed E-state index contributed by atoms with van der Waals surface area (Å²) in [7, 11) is 0. The van der Waals surface area contributed by atoms with Crippen molar-refractivity contribution in [1.82, 2.24) is 9.97 Å². The Hall–Kier alpha value is -3.07. The summed E-state index contributed by atoms with van der Waals surface area (Å²) in [6.07, 6.45) is 0. The maximum absolute atomic E-state index is 9.97. The van der Waals surface area contributed by atoms with Crippen LogP contribution in [0.3, 0.4) is 0 Å². The molecule has 0 radical (unpaired) electrons. The van der Waals surface area contributed by atoms with Crippen LogP contribution < -0.4 is 0 Å². The second-order valence-corrected chi connectivity index (χ2v) is 7.83. The van der Waals surface area contributed by atoms with Crippen molar-refractivity contribution in [3.63, 3.8) is 0 Å². The fourth-order valence-electron chi connectivity index (χ4n) is 2.89. The van der Waals surface area contributed by atoms with E-state index >= 15 is 0 Å². The van der Waals surface area contributed by atoms with Crippen molar-refractivity contribution in [2.75, 3.05) is 0 Å². The number of aromatic amines is 1. The SMILES string of the molecule is N#C[C@@H](C(=Nc1ccccc1)SCc1ccc(Cl)cc1)c1nc2ccccc2[nH]1. The monoisotopic (exact) mass is 416 g/mol. The molecule has 0 bridgehead atoms. The fourth-order valence-corrected chi connectivity index (χ4v) is 4.02. The lowest BCUT2D eigenvalue weighted by atomic mass is 10.2. The van der Waals surface area contributed by atoms with Gasteiger partial charge in [-0.2, -0.15) is 5.26 Å². The Morgan fingerprint density at radius 1 is 1.03 bits per heavy atom. The zero-order valence-corrected chi connectivity index (χ0v) is 17.0. The molecule has 1 atom stereocenters. The fraction of sp³-hybridized carbons (Fsp3) is 0.0870. The Morgan fingerprint density at radius 3 is 2.48 bits per heavy atom. The predicted molar refractivity (Wildman–Crippen MR) is 121 cm³/mol. The van der Waals surface area contributed by atoms with E-state index in [0.717, 1.165) is 22.3 Å². The van der Waals surface area contributed by atoms with Gasteiger partial charge in [0.25, 0.3) is 0 Å². The number of imidazole rings is 1. The van der Waals surface area contributed by atoms with Crippen LogP contribution in [-0.2, 0) is 5.75 Å². The van der Waals surface area contributed by atoms with Crippen LogP contribution >= 0.6 is 23.4 Å². The van der Waals surface area contributed by atoms with Gasteiger partial charge >= 0.3 is 0 Å². The summed E-state index contributed by atoms with van der Waals surface area (Å²) in [5, 5.41) is 11.4. The first-order valence-electron chi connectivity index (χ1n) is 9.08. The number of nitriles is 1. The molecular formula is C23H17ClN4S. The van der Waals surface area contributed by atoms with Gasteiger partial charge in [-0.25, -0.2) is 9.98 Å². The summed E-state index contributed by atoms with van der Waals surface area (Å²) in [5.74, 6) is 0.702. The van der Waals surface area contributed by atoms with Gasteiger partial charge in [-0.3, -0.25) is 0 Å². The molecule has 4 nitrogen and oxygen atoms in total. The molecule has 0 fully saturated rings. The van der Waals surface area contributed by atoms with Crippen LogP contribution in [0.1, 0.15) is 17.3 Å². The highest BCUT2D eigenvalue weighted by atomic mass is 35.5. The zero-order valence-electron chi connectivity index (χ0n) is 15.4. The quantitative estimate of drug-likeness (QED) is 0.299. The van der Waals surface area contributed by atoms with E-state index in [1.807, 2.05) is 78.9 Å². The van der Waals surface area contributed by atoms with Gasteiger partial charge in [0, 0.05) is 10.8 Å². The third kappa shape index (κ3) is 4.68. The first-order chi connectivity index (χ1) is 14.2. The summed E-state index contributed by atoms with van der Waals surface area (Å²) >= 11 is 7.52. The Balaban J connectivity index is 1.68. The highest BCUT2D eigenvalue weighted by Gasteiger charge is 2.22. The third-order valence-corrected chi connectivity index (χ3v) is 5.71. The molecule has 0 aliphatic heterocycles. The molecule has 29 heavy (non-hydrogen) atoms. The summed E-state index contributed by atoms with van der Waals surface area (Å²) < 4.78 is 0. The third-order valence-electron chi connectivity index (χ3n) is 4.35. The topological polar surface area (TPSA) is 64.8 Å². The zero-order chi connectivity index (χ0) is 20.1. The second kappa shape index (κ2) is 8.95. The largest absolute Gasteiger partial charge is 0.341 e. The Bertz CT molecular complexity index is 1140. The lowest BCUT2D eigenvalue weighted by Gasteiger charge is -2.11. The minimum atomic E-state index is -0.583. The van der Waals surface area contributed by atoms with Crippen LogP contribution in [0.25, 0.3) is 11.0 Å². The van der Waals surface area contributed by atoms with Crippen LogP contribution in [0.15, 0.2) is 83.9 Å². The number of fused-ring (bicyclic) bond motifs is 1. The number of rotatable bonds is 5. The minimum Gasteiger partial charge on any atom is -0.341 e. The van der Waals surface area contributed by atoms with Gasteiger partial charge in [-0.05, 0) is 42.0 Å². The van der Waals surface area contributed by atoms with Crippen LogP contribution in [0.4, 0.5) is 5.69 Å². The van der Waals surface area contributed by atoms with Gasteiger partial charge in [0.15, 0.2) is 5.92 Å². The lowest BCUT2D eigenvalue weighted by molar-refractivity contribution is 1.02. The van der Waals surface area contributed by atoms with Crippen molar-refractivity contribution in [2.24, 2.45) is 4.99 Å². The minimum absolute atomic E-state index is 0.583. The number of thioether (sulfide) groups is 1. The Labute approximate surface area is 178 Å². The maximum atomic E-state index is 9.97. The van der Waals surface area contributed by atoms with Crippen molar-refractivity contribution in [1.29, 1.82) is 5.26 Å². The van der Waals surface area contributed by atoms with E-state index in [1.165, 1.54) is 11.8 Å². The molecule has 1 aromatic heterocycles. The van der Waals surface area contributed by atoms with Crippen molar-refractivity contribution in [2.45, 2.75) is 11.7 Å². The van der Waals surface area contributed by atoms with Gasteiger partial charge < -0.3 is 4.98 Å². The number of H-pyrrole nitrogens is 1. The van der Waals surface area contributed by atoms with E-state index < -0.39 is 5.92 Å². The van der Waals surface area contributed by atoms with Crippen LogP contribution in [-0.4, -0.2) is 15.0 Å². The van der Waals surface area contributed by atoms with Crippen LogP contribution in [0.5, 0.6) is 0 Å². The van der Waals surface area contributed by atoms with Gasteiger partial charge in [0.1, 0.15) is 5.82 Å². The van der Waals surface area contributed by atoms with Crippen molar-refractivity contribution in [3.8, 4) is 6.07 Å². The second-order valence-electron chi connectivity index (χ2n) is 6.40. The molecule has 6 heteroatoms. The van der Waals surface area contributed by atoms with Gasteiger partial charge in [-0.1, -0.05) is 54.1 Å². The molecule has 0 unspecified atom stereocenters. The number of para-hydroxylation sites is 3. The van der Waals surface area contributed by atoms with Crippen molar-refractivity contribution in [3.05, 3.63) is 95.3 Å². The standard InChI is InChI=1S/C23H17ClN4S/c24-17-12-10-16(11-13-17)15-29-23(26-18-6-2-1-3-7-18)19(14-25)22-27-20-8-4-5-9-21(20)28-22/h1-13,19H,15H2,(H,27,28)/t19-/m1/s1. The molecule has 0 aliphatic carbocycles. The number of hydrogen-bond donors (Lipinski definition) is 1. The molecule has 142 valence electrons. The number of hydrogen-bond acceptors (Lipinski definition) is 4. The number of aliphatic imine (C=N–C) groups is 1. The van der Waals surface area contributed by atoms with Crippen molar-refractivity contribution >= 4 is 45.1 Å². The maximum Gasteiger partial charge on any atom is 0.152 e. The average molecular weight is 417 g/mol. The molecule has 1 heterocycles. The molecular weight excluding hydrogens is 400 g/mol. The molecule has 4 aromatic rings. The number of nitrogens with one attached hydrogen (secondary N) is 1. The Kier molecular flexibility index (Phi) is 5.95. The molecule has 0 saturated heterocycles. The normalized spacial score (nSPS) is 12.6. The van der Waals surface area contributed by atoms with Crippen molar-refractivity contribution < 1.29 is 0 Å². The average Bonchev–Trinajstić information content (AvgIpc) is 3.18. The van der Waals surface area contributed by atoms with E-state index in [9.17, 15) is 5.26 Å². The Morgan fingerprint density at radius 2 is 1.76 bits per heavy atom. The summed E-state index contributed by atoms with van der Waals surface area (Å²) in [6.45, 7) is 0. The molecule has 0 aliphatic rings. The predicted octanol–water partition coefficient (Wildman–Crippen LogP) is 6.49. The molecule has 0 saturated carbocycles. The number of nitrogens with zero attached hydrogens (tertiary/aromatic N) is 3. The molecule has 0 spiro atoms. The van der Waals surface area contributed by atoms with Gasteiger partial charge in [-0.15, -0.1) is 11.8 Å². The summed E-state index contributed by atoms with van der Waals surface area (Å²) in [5.41, 5.74) is 3.66. The van der Waals surface area contributed by atoms with E-state index in [0.29, 0.717) is 21.6 Å². The van der Waals surface area contributed by atoms with Crippen LogP contribution in [0, 0.1) is 11.3 Å². The number of benzene rings is 3. The summed E-state index contributed by atoms with van der Waals surface area (Å²) in [4.78, 5) is 12.7. The highest BCUT2D eigenvalue weighted by molar-refractivity contribution is 8.13.